The first-order valence-corrected chi connectivity index (χ1v) is 5.65. The van der Waals surface area contributed by atoms with Crippen molar-refractivity contribution in [2.75, 3.05) is 5.73 Å². The number of nitrogens with two attached hydrogens (primary N) is 1. The van der Waals surface area contributed by atoms with Crippen molar-refractivity contribution in [3.05, 3.63) is 53.1 Å². The number of benzene rings is 2. The van der Waals surface area contributed by atoms with Gasteiger partial charge in [0.15, 0.2) is 5.75 Å². The third kappa shape index (κ3) is 3.12. The maximum Gasteiger partial charge on any atom is 0.416 e. The van der Waals surface area contributed by atoms with Crippen LogP contribution in [0.25, 0.3) is 0 Å². The minimum absolute atomic E-state index is 0.0228. The zero-order chi connectivity index (χ0) is 14.0. The Balaban J connectivity index is 2.34. The van der Waals surface area contributed by atoms with Crippen molar-refractivity contribution in [2.45, 2.75) is 6.18 Å². The highest BCUT2D eigenvalue weighted by Crippen LogP contribution is 2.37. The molecule has 2 aromatic rings. The van der Waals surface area contributed by atoms with Crippen molar-refractivity contribution in [3.8, 4) is 11.5 Å². The lowest BCUT2D eigenvalue weighted by atomic mass is 10.2. The minimum Gasteiger partial charge on any atom is -0.454 e. The van der Waals surface area contributed by atoms with Crippen molar-refractivity contribution < 1.29 is 17.9 Å². The van der Waals surface area contributed by atoms with Crippen LogP contribution in [-0.4, -0.2) is 0 Å². The molecule has 2 nitrogen and oxygen atoms in total. The van der Waals surface area contributed by atoms with Crippen molar-refractivity contribution in [1.29, 1.82) is 0 Å². The molecular weight excluding hydrogens is 279 g/mol. The lowest BCUT2D eigenvalue weighted by Gasteiger charge is -2.12. The summed E-state index contributed by atoms with van der Waals surface area (Å²) >= 11 is 5.88. The minimum atomic E-state index is -4.43. The summed E-state index contributed by atoms with van der Waals surface area (Å²) in [6.07, 6.45) is -4.43. The summed E-state index contributed by atoms with van der Waals surface area (Å²) < 4.78 is 43.0. The van der Waals surface area contributed by atoms with Crippen LogP contribution in [0.2, 0.25) is 5.02 Å². The molecule has 0 saturated heterocycles. The summed E-state index contributed by atoms with van der Waals surface area (Å²) in [6, 6.07) is 9.22. The quantitative estimate of drug-likeness (QED) is 0.810. The molecule has 2 aromatic carbocycles. The summed E-state index contributed by atoms with van der Waals surface area (Å²) in [5.74, 6) is 0.165. The van der Waals surface area contributed by atoms with Crippen LogP contribution in [0.5, 0.6) is 11.5 Å². The topological polar surface area (TPSA) is 35.2 Å². The van der Waals surface area contributed by atoms with Crippen molar-refractivity contribution in [3.63, 3.8) is 0 Å². The molecule has 0 amide bonds. The van der Waals surface area contributed by atoms with Crippen LogP contribution in [-0.2, 0) is 6.18 Å². The van der Waals surface area contributed by atoms with Crippen molar-refractivity contribution in [2.24, 2.45) is 0 Å². The van der Waals surface area contributed by atoms with E-state index in [-0.39, 0.29) is 22.2 Å². The molecule has 0 spiro atoms. The van der Waals surface area contributed by atoms with E-state index in [1.165, 1.54) is 12.1 Å². The molecule has 0 radical (unpaired) electrons. The van der Waals surface area contributed by atoms with E-state index in [4.69, 9.17) is 22.1 Å². The fourth-order valence-corrected chi connectivity index (χ4v) is 1.71. The molecular formula is C13H9ClF3NO. The summed E-state index contributed by atoms with van der Waals surface area (Å²) in [4.78, 5) is 0. The Morgan fingerprint density at radius 1 is 1.05 bits per heavy atom. The molecule has 0 saturated carbocycles. The Morgan fingerprint density at radius 3 is 2.37 bits per heavy atom. The van der Waals surface area contributed by atoms with Gasteiger partial charge in [-0.05, 0) is 30.3 Å². The molecule has 2 N–H and O–H groups in total. The van der Waals surface area contributed by atoms with Gasteiger partial charge in [0.1, 0.15) is 5.75 Å². The number of halogens is 4. The van der Waals surface area contributed by atoms with Crippen LogP contribution in [0.3, 0.4) is 0 Å². The van der Waals surface area contributed by atoms with Crippen LogP contribution in [0.1, 0.15) is 5.56 Å². The monoisotopic (exact) mass is 287 g/mol. The zero-order valence-corrected chi connectivity index (χ0v) is 10.3. The zero-order valence-electron chi connectivity index (χ0n) is 9.54. The van der Waals surface area contributed by atoms with Gasteiger partial charge in [-0.2, -0.15) is 13.2 Å². The molecule has 100 valence electrons. The molecule has 0 aliphatic rings. The number of anilines is 1. The fourth-order valence-electron chi connectivity index (χ4n) is 1.49. The van der Waals surface area contributed by atoms with E-state index in [2.05, 4.69) is 0 Å². The Kier molecular flexibility index (Phi) is 3.57. The molecule has 0 atom stereocenters. The van der Waals surface area contributed by atoms with E-state index in [9.17, 15) is 13.2 Å². The largest absolute Gasteiger partial charge is 0.454 e. The Hall–Kier alpha value is -1.88. The van der Waals surface area contributed by atoms with Crippen molar-refractivity contribution >= 4 is 17.3 Å². The Labute approximate surface area is 112 Å². The first-order valence-electron chi connectivity index (χ1n) is 5.27. The second-order valence-corrected chi connectivity index (χ2v) is 4.19. The van der Waals surface area contributed by atoms with E-state index in [1.54, 1.807) is 18.2 Å². The van der Waals surface area contributed by atoms with Gasteiger partial charge in [0.2, 0.25) is 0 Å². The number of para-hydroxylation sites is 1. The second kappa shape index (κ2) is 5.01. The van der Waals surface area contributed by atoms with Crippen LogP contribution in [0, 0.1) is 0 Å². The predicted molar refractivity (Wildman–Crippen MR) is 67.4 cm³/mol. The van der Waals surface area contributed by atoms with E-state index in [0.29, 0.717) is 0 Å². The van der Waals surface area contributed by atoms with Gasteiger partial charge in [-0.3, -0.25) is 0 Å². The van der Waals surface area contributed by atoms with Crippen LogP contribution in [0.4, 0.5) is 18.9 Å². The number of rotatable bonds is 2. The van der Waals surface area contributed by atoms with Gasteiger partial charge in [0, 0.05) is 0 Å². The lowest BCUT2D eigenvalue weighted by Crippen LogP contribution is -2.04. The molecule has 0 bridgehead atoms. The van der Waals surface area contributed by atoms with Gasteiger partial charge in [-0.15, -0.1) is 0 Å². The molecule has 6 heteroatoms. The maximum atomic E-state index is 12.6. The molecule has 2 rings (SSSR count). The first-order chi connectivity index (χ1) is 8.88. The molecule has 0 aliphatic heterocycles. The molecule has 0 unspecified atom stereocenters. The van der Waals surface area contributed by atoms with Crippen LogP contribution >= 0.6 is 11.6 Å². The van der Waals surface area contributed by atoms with E-state index in [1.807, 2.05) is 0 Å². The molecule has 0 fully saturated rings. The highest BCUT2D eigenvalue weighted by Gasteiger charge is 2.30. The summed E-state index contributed by atoms with van der Waals surface area (Å²) in [5, 5.41) is 0.234. The van der Waals surface area contributed by atoms with E-state index >= 15 is 0 Å². The number of alkyl halides is 3. The van der Waals surface area contributed by atoms with Crippen LogP contribution < -0.4 is 10.5 Å². The van der Waals surface area contributed by atoms with Gasteiger partial charge < -0.3 is 10.5 Å². The Morgan fingerprint density at radius 2 is 1.74 bits per heavy atom. The molecule has 19 heavy (non-hydrogen) atoms. The van der Waals surface area contributed by atoms with Gasteiger partial charge >= 0.3 is 6.18 Å². The van der Waals surface area contributed by atoms with Gasteiger partial charge in [-0.25, -0.2) is 0 Å². The van der Waals surface area contributed by atoms with Gasteiger partial charge in [-0.1, -0.05) is 23.7 Å². The van der Waals surface area contributed by atoms with E-state index in [0.717, 1.165) is 12.1 Å². The maximum absolute atomic E-state index is 12.6. The second-order valence-electron chi connectivity index (χ2n) is 3.79. The normalized spacial score (nSPS) is 11.4. The first kappa shape index (κ1) is 13.5. The number of hydrogen-bond donors (Lipinski definition) is 1. The predicted octanol–water partition coefficient (Wildman–Crippen LogP) is 4.73. The summed E-state index contributed by atoms with van der Waals surface area (Å²) in [5.41, 5.74) is 5.12. The third-order valence-corrected chi connectivity index (χ3v) is 2.68. The molecule has 0 heterocycles. The summed E-state index contributed by atoms with van der Waals surface area (Å²) in [6.45, 7) is 0. The number of nitrogen functional groups attached to an aromatic ring is 1. The highest BCUT2D eigenvalue weighted by molar-refractivity contribution is 6.32. The highest BCUT2D eigenvalue weighted by atomic mass is 35.5. The standard InChI is InChI=1S/C13H9ClF3NO/c14-10-5-2-6-11(18)12(10)19-9-4-1-3-8(7-9)13(15,16)17/h1-7H,18H2. The average Bonchev–Trinajstić information content (AvgIpc) is 2.33. The van der Waals surface area contributed by atoms with Crippen LogP contribution in [0.15, 0.2) is 42.5 Å². The average molecular weight is 288 g/mol. The smallest absolute Gasteiger partial charge is 0.416 e. The van der Waals surface area contributed by atoms with Gasteiger partial charge in [0.05, 0.1) is 16.3 Å². The molecule has 0 aromatic heterocycles. The lowest BCUT2D eigenvalue weighted by molar-refractivity contribution is -0.137. The van der Waals surface area contributed by atoms with Crippen molar-refractivity contribution in [1.82, 2.24) is 0 Å². The number of hydrogen-bond acceptors (Lipinski definition) is 2. The SMILES string of the molecule is Nc1cccc(Cl)c1Oc1cccc(C(F)(F)F)c1. The molecule has 0 aliphatic carbocycles. The van der Waals surface area contributed by atoms with Gasteiger partial charge in [0.25, 0.3) is 0 Å². The van der Waals surface area contributed by atoms with E-state index < -0.39 is 11.7 Å². The summed E-state index contributed by atoms with van der Waals surface area (Å²) in [7, 11) is 0. The fraction of sp³-hybridized carbons (Fsp3) is 0.0769. The number of ether oxygens (including phenoxy) is 1. The Bertz CT molecular complexity index is 578. The third-order valence-electron chi connectivity index (χ3n) is 2.38.